The van der Waals surface area contributed by atoms with Crippen LogP contribution in [-0.2, 0) is 4.74 Å². The van der Waals surface area contributed by atoms with Crippen LogP contribution in [0.15, 0.2) is 49.1 Å². The molecule has 1 atom stereocenters. The van der Waals surface area contributed by atoms with Crippen LogP contribution in [0.5, 0.6) is 0 Å². The van der Waals surface area contributed by atoms with Gasteiger partial charge in [-0.3, -0.25) is 4.79 Å². The topological polar surface area (TPSA) is 95.2 Å². The molecule has 1 aromatic carbocycles. The maximum Gasteiger partial charge on any atom is 0.405 e. The second kappa shape index (κ2) is 5.72. The van der Waals surface area contributed by atoms with E-state index in [1.54, 1.807) is 30.3 Å². The number of carbonyl (C=O) groups is 2. The third-order valence-electron chi connectivity index (χ3n) is 2.42. The van der Waals surface area contributed by atoms with Crippen LogP contribution in [0.1, 0.15) is 22.0 Å². The summed E-state index contributed by atoms with van der Waals surface area (Å²) in [6.45, 7) is 0. The molecule has 0 spiro atoms. The van der Waals surface area contributed by atoms with Crippen molar-refractivity contribution in [2.45, 2.75) is 6.10 Å². The highest BCUT2D eigenvalue weighted by molar-refractivity contribution is 6.00. The van der Waals surface area contributed by atoms with E-state index in [0.717, 1.165) is 0 Å². The summed E-state index contributed by atoms with van der Waals surface area (Å²) in [7, 11) is 0. The molecule has 0 aliphatic carbocycles. The first-order valence-corrected chi connectivity index (χ1v) is 5.48. The summed E-state index contributed by atoms with van der Waals surface area (Å²) in [6, 6.07) is 8.62. The van der Waals surface area contributed by atoms with E-state index in [1.807, 2.05) is 0 Å². The predicted octanol–water partition coefficient (Wildman–Crippen LogP) is 1.50. The first-order valence-electron chi connectivity index (χ1n) is 5.48. The zero-order valence-electron chi connectivity index (χ0n) is 9.89. The summed E-state index contributed by atoms with van der Waals surface area (Å²) in [5.41, 5.74) is 5.79. The summed E-state index contributed by atoms with van der Waals surface area (Å²) >= 11 is 0. The van der Waals surface area contributed by atoms with Crippen LogP contribution in [0.25, 0.3) is 0 Å². The van der Waals surface area contributed by atoms with Crippen LogP contribution in [0.2, 0.25) is 0 Å². The van der Waals surface area contributed by atoms with E-state index in [4.69, 9.17) is 10.5 Å². The molecule has 1 amide bonds. The largest absolute Gasteiger partial charge is 0.433 e. The number of benzene rings is 1. The number of amides is 1. The summed E-state index contributed by atoms with van der Waals surface area (Å²) < 4.78 is 4.89. The maximum atomic E-state index is 12.3. The molecule has 6 heteroatoms. The van der Waals surface area contributed by atoms with Crippen molar-refractivity contribution in [2.24, 2.45) is 5.73 Å². The monoisotopic (exact) mass is 257 g/mol. The number of ether oxygens (including phenoxy) is 1. The Kier molecular flexibility index (Phi) is 3.82. The van der Waals surface area contributed by atoms with Gasteiger partial charge in [-0.25, -0.2) is 14.8 Å². The molecule has 0 aliphatic heterocycles. The highest BCUT2D eigenvalue weighted by Crippen LogP contribution is 2.21. The van der Waals surface area contributed by atoms with Crippen LogP contribution in [0.4, 0.5) is 4.79 Å². The Balaban J connectivity index is 2.33. The fourth-order valence-corrected chi connectivity index (χ4v) is 1.59. The minimum absolute atomic E-state index is 0.248. The number of Topliss-reactive ketones (excluding diaryl/α,β-unsaturated/α-hetero) is 1. The Labute approximate surface area is 109 Å². The van der Waals surface area contributed by atoms with Gasteiger partial charge in [0.15, 0.2) is 6.10 Å². The second-order valence-corrected chi connectivity index (χ2v) is 3.72. The van der Waals surface area contributed by atoms with Crippen molar-refractivity contribution in [3.05, 3.63) is 60.2 Å². The lowest BCUT2D eigenvalue weighted by atomic mass is 10.0. The molecular formula is C13H11N3O3. The highest BCUT2D eigenvalue weighted by Gasteiger charge is 2.25. The van der Waals surface area contributed by atoms with Crippen molar-refractivity contribution in [1.29, 1.82) is 0 Å². The van der Waals surface area contributed by atoms with Crippen molar-refractivity contribution < 1.29 is 14.3 Å². The molecule has 0 radical (unpaired) electrons. The smallest absolute Gasteiger partial charge is 0.405 e. The number of nitrogens with two attached hydrogens (primary N) is 1. The van der Waals surface area contributed by atoms with E-state index in [1.165, 1.54) is 18.7 Å². The molecule has 1 unspecified atom stereocenters. The van der Waals surface area contributed by atoms with Crippen LogP contribution < -0.4 is 5.73 Å². The van der Waals surface area contributed by atoms with E-state index in [9.17, 15) is 9.59 Å². The summed E-state index contributed by atoms with van der Waals surface area (Å²) in [4.78, 5) is 30.7. The standard InChI is InChI=1S/C13H11N3O3/c14-13(18)19-12(9-4-2-1-3-5-9)11(17)10-6-15-8-16-7-10/h1-8,12H,(H2,14,18). The van der Waals surface area contributed by atoms with E-state index in [2.05, 4.69) is 9.97 Å². The molecule has 19 heavy (non-hydrogen) atoms. The molecule has 0 saturated carbocycles. The predicted molar refractivity (Wildman–Crippen MR) is 66.2 cm³/mol. The van der Waals surface area contributed by atoms with Gasteiger partial charge in [-0.05, 0) is 0 Å². The molecular weight excluding hydrogens is 246 g/mol. The molecule has 2 rings (SSSR count). The second-order valence-electron chi connectivity index (χ2n) is 3.72. The highest BCUT2D eigenvalue weighted by atomic mass is 16.6. The molecule has 2 aromatic rings. The van der Waals surface area contributed by atoms with Gasteiger partial charge >= 0.3 is 6.09 Å². The van der Waals surface area contributed by atoms with Gasteiger partial charge in [0.2, 0.25) is 5.78 Å². The molecule has 1 heterocycles. The molecule has 0 aliphatic rings. The minimum atomic E-state index is -1.09. The molecule has 0 saturated heterocycles. The van der Waals surface area contributed by atoms with Gasteiger partial charge in [-0.15, -0.1) is 0 Å². The lowest BCUT2D eigenvalue weighted by molar-refractivity contribution is 0.0653. The summed E-state index contributed by atoms with van der Waals surface area (Å²) in [5.74, 6) is -0.425. The van der Waals surface area contributed by atoms with Gasteiger partial charge in [0.25, 0.3) is 0 Å². The van der Waals surface area contributed by atoms with Crippen LogP contribution >= 0.6 is 0 Å². The van der Waals surface area contributed by atoms with Gasteiger partial charge in [-0.1, -0.05) is 30.3 Å². The summed E-state index contributed by atoms with van der Waals surface area (Å²) in [5, 5.41) is 0. The Morgan fingerprint density at radius 1 is 1.11 bits per heavy atom. The van der Waals surface area contributed by atoms with E-state index < -0.39 is 18.0 Å². The van der Waals surface area contributed by atoms with E-state index >= 15 is 0 Å². The average molecular weight is 257 g/mol. The number of rotatable bonds is 4. The number of hydrogen-bond acceptors (Lipinski definition) is 5. The number of hydrogen-bond donors (Lipinski definition) is 1. The fourth-order valence-electron chi connectivity index (χ4n) is 1.59. The SMILES string of the molecule is NC(=O)OC(C(=O)c1cncnc1)c1ccccc1. The van der Waals surface area contributed by atoms with Gasteiger partial charge in [0.05, 0.1) is 5.56 Å². The first kappa shape index (κ1) is 12.7. The lowest BCUT2D eigenvalue weighted by Crippen LogP contribution is -2.23. The minimum Gasteiger partial charge on any atom is -0.433 e. The molecule has 96 valence electrons. The molecule has 6 nitrogen and oxygen atoms in total. The third kappa shape index (κ3) is 3.12. The zero-order valence-corrected chi connectivity index (χ0v) is 9.89. The van der Waals surface area contributed by atoms with Crippen molar-refractivity contribution in [1.82, 2.24) is 9.97 Å². The molecule has 2 N–H and O–H groups in total. The number of primary amides is 1. The van der Waals surface area contributed by atoms with Crippen LogP contribution in [-0.4, -0.2) is 21.8 Å². The van der Waals surface area contributed by atoms with Crippen molar-refractivity contribution in [3.63, 3.8) is 0 Å². The van der Waals surface area contributed by atoms with Gasteiger partial charge < -0.3 is 10.5 Å². The van der Waals surface area contributed by atoms with Gasteiger partial charge in [-0.2, -0.15) is 0 Å². The van der Waals surface area contributed by atoms with E-state index in [-0.39, 0.29) is 5.56 Å². The Morgan fingerprint density at radius 3 is 2.32 bits per heavy atom. The number of aromatic nitrogens is 2. The Bertz CT molecular complexity index is 572. The fraction of sp³-hybridized carbons (Fsp3) is 0.0769. The number of ketones is 1. The van der Waals surface area contributed by atoms with Crippen molar-refractivity contribution in [3.8, 4) is 0 Å². The van der Waals surface area contributed by atoms with Crippen molar-refractivity contribution in [2.75, 3.05) is 0 Å². The lowest BCUT2D eigenvalue weighted by Gasteiger charge is -2.15. The van der Waals surface area contributed by atoms with Gasteiger partial charge in [0.1, 0.15) is 6.33 Å². The number of nitrogens with zero attached hydrogens (tertiary/aromatic N) is 2. The quantitative estimate of drug-likeness (QED) is 0.837. The van der Waals surface area contributed by atoms with Crippen LogP contribution in [0, 0.1) is 0 Å². The number of carbonyl (C=O) groups excluding carboxylic acids is 2. The van der Waals surface area contributed by atoms with Crippen LogP contribution in [0.3, 0.4) is 0 Å². The zero-order chi connectivity index (χ0) is 13.7. The maximum absolute atomic E-state index is 12.3. The normalized spacial score (nSPS) is 11.6. The molecule has 0 fully saturated rings. The van der Waals surface area contributed by atoms with Crippen molar-refractivity contribution >= 4 is 11.9 Å². The first-order chi connectivity index (χ1) is 9.18. The molecule has 1 aromatic heterocycles. The average Bonchev–Trinajstić information content (AvgIpc) is 2.46. The van der Waals surface area contributed by atoms with Gasteiger partial charge in [0, 0.05) is 18.0 Å². The van der Waals surface area contributed by atoms with E-state index in [0.29, 0.717) is 5.56 Å². The summed E-state index contributed by atoms with van der Waals surface area (Å²) in [6.07, 6.45) is 1.91. The third-order valence-corrected chi connectivity index (χ3v) is 2.42. The Hall–Kier alpha value is -2.76. The molecule has 0 bridgehead atoms. The Morgan fingerprint density at radius 2 is 1.74 bits per heavy atom.